The molecule has 1 aliphatic heterocycles. The molecule has 1 saturated carbocycles. The lowest BCUT2D eigenvalue weighted by molar-refractivity contribution is -0.134. The summed E-state index contributed by atoms with van der Waals surface area (Å²) in [6.07, 6.45) is 5.48. The van der Waals surface area contributed by atoms with Crippen LogP contribution in [0.25, 0.3) is 0 Å². The Morgan fingerprint density at radius 3 is 2.53 bits per heavy atom. The largest absolute Gasteiger partial charge is 0.378 e. The van der Waals surface area contributed by atoms with Crippen LogP contribution in [0.1, 0.15) is 39.0 Å². The van der Waals surface area contributed by atoms with Crippen molar-refractivity contribution in [2.24, 2.45) is 11.7 Å². The van der Waals surface area contributed by atoms with Gasteiger partial charge in [0, 0.05) is 32.2 Å². The van der Waals surface area contributed by atoms with Crippen LogP contribution in [-0.2, 0) is 9.53 Å². The normalized spacial score (nSPS) is 23.8. The molecule has 0 aromatic heterocycles. The summed E-state index contributed by atoms with van der Waals surface area (Å²) in [5, 5.41) is 0. The maximum Gasteiger partial charge on any atom is 0.224 e. The first kappa shape index (κ1) is 12.8. The molecule has 1 unspecified atom stereocenters. The van der Waals surface area contributed by atoms with Gasteiger partial charge >= 0.3 is 0 Å². The van der Waals surface area contributed by atoms with Gasteiger partial charge in [-0.25, -0.2) is 0 Å². The zero-order valence-electron chi connectivity index (χ0n) is 10.7. The van der Waals surface area contributed by atoms with E-state index in [-0.39, 0.29) is 11.9 Å². The van der Waals surface area contributed by atoms with Crippen molar-refractivity contribution in [3.05, 3.63) is 0 Å². The van der Waals surface area contributed by atoms with Crippen LogP contribution >= 0.6 is 0 Å². The predicted molar refractivity (Wildman–Crippen MR) is 66.5 cm³/mol. The summed E-state index contributed by atoms with van der Waals surface area (Å²) in [6, 6.07) is -0.0358. The summed E-state index contributed by atoms with van der Waals surface area (Å²) >= 11 is 0. The third kappa shape index (κ3) is 4.28. The molecule has 0 bridgehead atoms. The van der Waals surface area contributed by atoms with Crippen LogP contribution in [0.15, 0.2) is 0 Å². The smallest absolute Gasteiger partial charge is 0.224 e. The Hall–Kier alpha value is -0.610. The molecule has 1 heterocycles. The first-order valence-electron chi connectivity index (χ1n) is 6.80. The van der Waals surface area contributed by atoms with Gasteiger partial charge in [0.05, 0.1) is 6.10 Å². The van der Waals surface area contributed by atoms with Gasteiger partial charge in [-0.05, 0) is 38.5 Å². The molecular weight excluding hydrogens is 216 g/mol. The van der Waals surface area contributed by atoms with Crippen molar-refractivity contribution in [1.82, 2.24) is 4.90 Å². The number of amides is 1. The molecule has 1 amide bonds. The minimum absolute atomic E-state index is 0.0358. The van der Waals surface area contributed by atoms with Gasteiger partial charge in [-0.3, -0.25) is 4.79 Å². The highest BCUT2D eigenvalue weighted by atomic mass is 16.5. The fraction of sp³-hybridized carbons (Fsp3) is 0.923. The van der Waals surface area contributed by atoms with Crippen molar-refractivity contribution in [3.8, 4) is 0 Å². The summed E-state index contributed by atoms with van der Waals surface area (Å²) in [5.74, 6) is 1.02. The SMILES string of the molecule is CC(N)CC(=O)N1CCC(OCC2CC2)CC1. The lowest BCUT2D eigenvalue weighted by Crippen LogP contribution is -2.42. The van der Waals surface area contributed by atoms with Crippen molar-refractivity contribution in [2.75, 3.05) is 19.7 Å². The molecule has 0 aromatic carbocycles. The standard InChI is InChI=1S/C13H24N2O2/c1-10(14)8-13(16)15-6-4-12(5-7-15)17-9-11-2-3-11/h10-12H,2-9,14H2,1H3. The average Bonchev–Trinajstić information content (AvgIpc) is 3.10. The van der Waals surface area contributed by atoms with Gasteiger partial charge in [0.1, 0.15) is 0 Å². The van der Waals surface area contributed by atoms with E-state index in [2.05, 4.69) is 0 Å². The molecule has 1 aliphatic carbocycles. The van der Waals surface area contributed by atoms with Gasteiger partial charge in [0.2, 0.25) is 5.91 Å². The fourth-order valence-corrected chi connectivity index (χ4v) is 2.23. The second kappa shape index (κ2) is 5.83. The molecule has 2 aliphatic rings. The summed E-state index contributed by atoms with van der Waals surface area (Å²) in [4.78, 5) is 13.7. The number of likely N-dealkylation sites (tertiary alicyclic amines) is 1. The van der Waals surface area contributed by atoms with Crippen LogP contribution in [0, 0.1) is 5.92 Å². The van der Waals surface area contributed by atoms with Crippen LogP contribution in [-0.4, -0.2) is 42.6 Å². The lowest BCUT2D eigenvalue weighted by atomic mass is 10.1. The quantitative estimate of drug-likeness (QED) is 0.784. The van der Waals surface area contributed by atoms with E-state index in [1.165, 1.54) is 12.8 Å². The highest BCUT2D eigenvalue weighted by Gasteiger charge is 2.26. The molecule has 2 N–H and O–H groups in total. The molecule has 0 spiro atoms. The average molecular weight is 240 g/mol. The van der Waals surface area contributed by atoms with E-state index in [9.17, 15) is 4.79 Å². The van der Waals surface area contributed by atoms with Gasteiger partial charge in [-0.1, -0.05) is 0 Å². The highest BCUT2D eigenvalue weighted by molar-refractivity contribution is 5.76. The number of nitrogens with zero attached hydrogens (tertiary/aromatic N) is 1. The van der Waals surface area contributed by atoms with Crippen molar-refractivity contribution in [1.29, 1.82) is 0 Å². The predicted octanol–water partition coefficient (Wildman–Crippen LogP) is 1.14. The Labute approximate surface area is 103 Å². The third-order valence-electron chi connectivity index (χ3n) is 3.56. The summed E-state index contributed by atoms with van der Waals surface area (Å²) in [7, 11) is 0. The number of carbonyl (C=O) groups is 1. The zero-order chi connectivity index (χ0) is 12.3. The van der Waals surface area contributed by atoms with Crippen LogP contribution in [0.2, 0.25) is 0 Å². The van der Waals surface area contributed by atoms with Gasteiger partial charge < -0.3 is 15.4 Å². The molecule has 4 nitrogen and oxygen atoms in total. The number of hydrogen-bond donors (Lipinski definition) is 1. The Kier molecular flexibility index (Phi) is 4.40. The molecule has 0 aromatic rings. The number of hydrogen-bond acceptors (Lipinski definition) is 3. The van der Waals surface area contributed by atoms with Gasteiger partial charge in [-0.2, -0.15) is 0 Å². The maximum absolute atomic E-state index is 11.8. The fourth-order valence-electron chi connectivity index (χ4n) is 2.23. The van der Waals surface area contributed by atoms with Crippen molar-refractivity contribution in [2.45, 2.75) is 51.2 Å². The van der Waals surface area contributed by atoms with E-state index in [0.717, 1.165) is 38.5 Å². The minimum atomic E-state index is -0.0358. The van der Waals surface area contributed by atoms with E-state index in [1.54, 1.807) is 0 Å². The Balaban J connectivity index is 1.64. The first-order valence-corrected chi connectivity index (χ1v) is 6.80. The molecule has 2 fully saturated rings. The van der Waals surface area contributed by atoms with Gasteiger partial charge in [0.25, 0.3) is 0 Å². The van der Waals surface area contributed by atoms with E-state index in [0.29, 0.717) is 12.5 Å². The highest BCUT2D eigenvalue weighted by Crippen LogP contribution is 2.30. The van der Waals surface area contributed by atoms with Gasteiger partial charge in [0.15, 0.2) is 0 Å². The molecule has 1 saturated heterocycles. The van der Waals surface area contributed by atoms with Crippen LogP contribution in [0.5, 0.6) is 0 Å². The maximum atomic E-state index is 11.8. The van der Waals surface area contributed by atoms with Crippen LogP contribution in [0.4, 0.5) is 0 Å². The van der Waals surface area contributed by atoms with E-state index >= 15 is 0 Å². The van der Waals surface area contributed by atoms with Crippen LogP contribution < -0.4 is 5.73 Å². The summed E-state index contributed by atoms with van der Waals surface area (Å²) < 4.78 is 5.85. The van der Waals surface area contributed by atoms with Crippen LogP contribution in [0.3, 0.4) is 0 Å². The topological polar surface area (TPSA) is 55.6 Å². The first-order chi connectivity index (χ1) is 8.15. The monoisotopic (exact) mass is 240 g/mol. The number of ether oxygens (including phenoxy) is 1. The van der Waals surface area contributed by atoms with E-state index < -0.39 is 0 Å². The van der Waals surface area contributed by atoms with Gasteiger partial charge in [-0.15, -0.1) is 0 Å². The Bertz CT molecular complexity index is 256. The number of rotatable bonds is 5. The van der Waals surface area contributed by atoms with Crippen molar-refractivity contribution in [3.63, 3.8) is 0 Å². The molecular formula is C13H24N2O2. The summed E-state index contributed by atoms with van der Waals surface area (Å²) in [5.41, 5.74) is 5.64. The Morgan fingerprint density at radius 2 is 2.00 bits per heavy atom. The molecule has 1 atom stereocenters. The van der Waals surface area contributed by atoms with E-state index in [1.807, 2.05) is 11.8 Å². The third-order valence-corrected chi connectivity index (χ3v) is 3.56. The minimum Gasteiger partial charge on any atom is -0.378 e. The molecule has 4 heteroatoms. The molecule has 2 rings (SSSR count). The summed E-state index contributed by atoms with van der Waals surface area (Å²) in [6.45, 7) is 4.48. The molecule has 0 radical (unpaired) electrons. The van der Waals surface area contributed by atoms with Crippen molar-refractivity contribution < 1.29 is 9.53 Å². The van der Waals surface area contributed by atoms with E-state index in [4.69, 9.17) is 10.5 Å². The number of nitrogens with two attached hydrogens (primary N) is 1. The Morgan fingerprint density at radius 1 is 1.35 bits per heavy atom. The number of carbonyl (C=O) groups excluding carboxylic acids is 1. The molecule has 98 valence electrons. The second-order valence-electron chi connectivity index (χ2n) is 5.54. The molecule has 17 heavy (non-hydrogen) atoms. The zero-order valence-corrected chi connectivity index (χ0v) is 10.7. The lowest BCUT2D eigenvalue weighted by Gasteiger charge is -2.32. The number of piperidine rings is 1. The van der Waals surface area contributed by atoms with Crippen molar-refractivity contribution >= 4 is 5.91 Å². The second-order valence-corrected chi connectivity index (χ2v) is 5.54.